The highest BCUT2D eigenvalue weighted by molar-refractivity contribution is 7.99. The molecule has 0 saturated carbocycles. The molecule has 1 rings (SSSR count). The van der Waals surface area contributed by atoms with Crippen molar-refractivity contribution in [3.63, 3.8) is 0 Å². The summed E-state index contributed by atoms with van der Waals surface area (Å²) in [4.78, 5) is 22.6. The summed E-state index contributed by atoms with van der Waals surface area (Å²) < 4.78 is 12.7. The Morgan fingerprint density at radius 3 is 2.56 bits per heavy atom. The Morgan fingerprint density at radius 2 is 2.00 bits per heavy atom. The summed E-state index contributed by atoms with van der Waals surface area (Å²) in [6.07, 6.45) is 0. The van der Waals surface area contributed by atoms with Crippen LogP contribution in [0.15, 0.2) is 29.2 Å². The summed E-state index contributed by atoms with van der Waals surface area (Å²) >= 11 is 1.42. The maximum absolute atomic E-state index is 12.7. The molecule has 0 bridgehead atoms. The molecule has 18 heavy (non-hydrogen) atoms. The Bertz CT molecular complexity index is 422. The zero-order valence-corrected chi connectivity index (χ0v) is 10.7. The number of halogens is 1. The van der Waals surface area contributed by atoms with Crippen molar-refractivity contribution in [2.24, 2.45) is 5.92 Å². The summed E-state index contributed by atoms with van der Waals surface area (Å²) in [6.45, 7) is 1.35. The molecule has 1 atom stereocenters. The first-order chi connectivity index (χ1) is 8.49. The zero-order chi connectivity index (χ0) is 13.5. The molecule has 0 radical (unpaired) electrons. The van der Waals surface area contributed by atoms with Gasteiger partial charge >= 0.3 is 5.97 Å². The minimum absolute atomic E-state index is 0.299. The molecule has 1 aromatic rings. The van der Waals surface area contributed by atoms with Crippen LogP contribution in [-0.2, 0) is 9.59 Å². The number of carbonyl (C=O) groups excluding carboxylic acids is 1. The van der Waals surface area contributed by atoms with E-state index in [-0.39, 0.29) is 24.2 Å². The van der Waals surface area contributed by atoms with Crippen molar-refractivity contribution in [2.45, 2.75) is 11.8 Å². The quantitative estimate of drug-likeness (QED) is 0.774. The second-order valence-corrected chi connectivity index (χ2v) is 4.87. The third kappa shape index (κ3) is 5.18. The fraction of sp³-hybridized carbons (Fsp3) is 0.333. The number of rotatable bonds is 6. The molecule has 0 aromatic heterocycles. The van der Waals surface area contributed by atoms with E-state index in [1.807, 2.05) is 0 Å². The van der Waals surface area contributed by atoms with Crippen LogP contribution in [0.25, 0.3) is 0 Å². The fourth-order valence-electron chi connectivity index (χ4n) is 1.16. The van der Waals surface area contributed by atoms with Gasteiger partial charge in [0.25, 0.3) is 0 Å². The SMILES string of the molecule is CC(CSc1ccc(F)cc1)C(=O)NCC(=O)O. The van der Waals surface area contributed by atoms with Gasteiger partial charge < -0.3 is 10.4 Å². The highest BCUT2D eigenvalue weighted by Gasteiger charge is 2.13. The number of nitrogens with one attached hydrogen (secondary N) is 1. The van der Waals surface area contributed by atoms with Gasteiger partial charge in [-0.3, -0.25) is 9.59 Å². The largest absolute Gasteiger partial charge is 0.480 e. The first-order valence-electron chi connectivity index (χ1n) is 5.37. The van der Waals surface area contributed by atoms with E-state index in [2.05, 4.69) is 5.32 Å². The predicted octanol–water partition coefficient (Wildman–Crippen LogP) is 1.75. The van der Waals surface area contributed by atoms with Crippen molar-refractivity contribution < 1.29 is 19.1 Å². The highest BCUT2D eigenvalue weighted by atomic mass is 32.2. The molecular weight excluding hydrogens is 257 g/mol. The van der Waals surface area contributed by atoms with Gasteiger partial charge in [-0.05, 0) is 24.3 Å². The smallest absolute Gasteiger partial charge is 0.322 e. The molecule has 4 nitrogen and oxygen atoms in total. The molecule has 1 unspecified atom stereocenters. The van der Waals surface area contributed by atoms with Gasteiger partial charge in [0, 0.05) is 16.6 Å². The van der Waals surface area contributed by atoms with E-state index in [0.29, 0.717) is 5.75 Å². The van der Waals surface area contributed by atoms with Crippen LogP contribution in [0.5, 0.6) is 0 Å². The van der Waals surface area contributed by atoms with Crippen LogP contribution in [0.3, 0.4) is 0 Å². The number of thioether (sulfide) groups is 1. The van der Waals surface area contributed by atoms with Gasteiger partial charge in [0.15, 0.2) is 0 Å². The second kappa shape index (κ2) is 7.00. The maximum Gasteiger partial charge on any atom is 0.322 e. The Labute approximate surface area is 109 Å². The van der Waals surface area contributed by atoms with Crippen LogP contribution in [0.2, 0.25) is 0 Å². The van der Waals surface area contributed by atoms with E-state index in [4.69, 9.17) is 5.11 Å². The zero-order valence-electron chi connectivity index (χ0n) is 9.85. The van der Waals surface area contributed by atoms with Gasteiger partial charge in [-0.1, -0.05) is 6.92 Å². The van der Waals surface area contributed by atoms with E-state index >= 15 is 0 Å². The summed E-state index contributed by atoms with van der Waals surface area (Å²) in [5, 5.41) is 10.7. The van der Waals surface area contributed by atoms with Crippen LogP contribution in [0, 0.1) is 11.7 Å². The Hall–Kier alpha value is -1.56. The number of aliphatic carboxylic acids is 1. The molecular formula is C12H14FNO3S. The molecule has 0 saturated heterocycles. The minimum Gasteiger partial charge on any atom is -0.480 e. The summed E-state index contributed by atoms with van der Waals surface area (Å²) in [5.74, 6) is -1.46. The van der Waals surface area contributed by atoms with E-state index in [9.17, 15) is 14.0 Å². The minimum atomic E-state index is -1.07. The summed E-state index contributed by atoms with van der Waals surface area (Å²) in [5.41, 5.74) is 0. The number of benzene rings is 1. The number of carboxylic acid groups (broad SMARTS) is 1. The maximum atomic E-state index is 12.7. The predicted molar refractivity (Wildman–Crippen MR) is 66.9 cm³/mol. The van der Waals surface area contributed by atoms with E-state index in [1.165, 1.54) is 23.9 Å². The van der Waals surface area contributed by atoms with E-state index in [1.54, 1.807) is 19.1 Å². The highest BCUT2D eigenvalue weighted by Crippen LogP contribution is 2.20. The first kappa shape index (κ1) is 14.5. The Morgan fingerprint density at radius 1 is 1.39 bits per heavy atom. The van der Waals surface area contributed by atoms with Crippen LogP contribution >= 0.6 is 11.8 Å². The molecule has 1 amide bonds. The topological polar surface area (TPSA) is 66.4 Å². The lowest BCUT2D eigenvalue weighted by molar-refractivity contribution is -0.138. The molecule has 0 aliphatic carbocycles. The van der Waals surface area contributed by atoms with Gasteiger partial charge in [-0.25, -0.2) is 4.39 Å². The van der Waals surface area contributed by atoms with Crippen molar-refractivity contribution in [2.75, 3.05) is 12.3 Å². The lowest BCUT2D eigenvalue weighted by Gasteiger charge is -2.10. The molecule has 0 heterocycles. The number of carbonyl (C=O) groups is 2. The van der Waals surface area contributed by atoms with E-state index < -0.39 is 5.97 Å². The Balaban J connectivity index is 2.36. The van der Waals surface area contributed by atoms with Crippen molar-refractivity contribution in [3.8, 4) is 0 Å². The van der Waals surface area contributed by atoms with Crippen molar-refractivity contribution >= 4 is 23.6 Å². The lowest BCUT2D eigenvalue weighted by atomic mass is 10.2. The summed E-state index contributed by atoms with van der Waals surface area (Å²) in [7, 11) is 0. The number of amides is 1. The molecule has 1 aromatic carbocycles. The fourth-order valence-corrected chi connectivity index (χ4v) is 2.09. The van der Waals surface area contributed by atoms with Crippen molar-refractivity contribution in [3.05, 3.63) is 30.1 Å². The van der Waals surface area contributed by atoms with Crippen LogP contribution < -0.4 is 5.32 Å². The van der Waals surface area contributed by atoms with Gasteiger partial charge in [-0.2, -0.15) is 0 Å². The molecule has 0 fully saturated rings. The monoisotopic (exact) mass is 271 g/mol. The van der Waals surface area contributed by atoms with Crippen molar-refractivity contribution in [1.82, 2.24) is 5.32 Å². The van der Waals surface area contributed by atoms with Gasteiger partial charge in [0.1, 0.15) is 12.4 Å². The third-order valence-electron chi connectivity index (χ3n) is 2.18. The number of hydrogen-bond donors (Lipinski definition) is 2. The molecule has 0 aliphatic heterocycles. The molecule has 2 N–H and O–H groups in total. The molecule has 98 valence electrons. The van der Waals surface area contributed by atoms with Gasteiger partial charge in [-0.15, -0.1) is 11.8 Å². The number of carboxylic acids is 1. The van der Waals surface area contributed by atoms with Crippen LogP contribution in [-0.4, -0.2) is 29.3 Å². The van der Waals surface area contributed by atoms with Gasteiger partial charge in [0.05, 0.1) is 0 Å². The average Bonchev–Trinajstić information content (AvgIpc) is 2.34. The first-order valence-corrected chi connectivity index (χ1v) is 6.35. The number of hydrogen-bond acceptors (Lipinski definition) is 3. The van der Waals surface area contributed by atoms with Crippen LogP contribution in [0.4, 0.5) is 4.39 Å². The van der Waals surface area contributed by atoms with Crippen molar-refractivity contribution in [1.29, 1.82) is 0 Å². The normalized spacial score (nSPS) is 11.9. The Kier molecular flexibility index (Phi) is 5.64. The van der Waals surface area contributed by atoms with Gasteiger partial charge in [0.2, 0.25) is 5.91 Å². The van der Waals surface area contributed by atoms with Crippen LogP contribution in [0.1, 0.15) is 6.92 Å². The van der Waals surface area contributed by atoms with E-state index in [0.717, 1.165) is 4.90 Å². The lowest BCUT2D eigenvalue weighted by Crippen LogP contribution is -2.34. The summed E-state index contributed by atoms with van der Waals surface area (Å²) in [6, 6.07) is 6.00. The standard InChI is InChI=1S/C12H14FNO3S/c1-8(12(17)14-6-11(15)16)7-18-10-4-2-9(13)3-5-10/h2-5,8H,6-7H2,1H3,(H,14,17)(H,15,16). The second-order valence-electron chi connectivity index (χ2n) is 3.78. The molecule has 0 spiro atoms. The molecule has 6 heteroatoms. The molecule has 0 aliphatic rings. The third-order valence-corrected chi connectivity index (χ3v) is 3.45. The average molecular weight is 271 g/mol.